The molecular formula is C33H23N3O. The molecule has 0 saturated heterocycles. The van der Waals surface area contributed by atoms with Crippen LogP contribution in [0, 0.1) is 0 Å². The van der Waals surface area contributed by atoms with E-state index < -0.39 is 0 Å². The summed E-state index contributed by atoms with van der Waals surface area (Å²) in [6.45, 7) is 0. The van der Waals surface area contributed by atoms with Gasteiger partial charge in [-0.15, -0.1) is 0 Å². The zero-order valence-electron chi connectivity index (χ0n) is 20.0. The summed E-state index contributed by atoms with van der Waals surface area (Å²) in [5.41, 5.74) is 6.91. The fourth-order valence-electron chi connectivity index (χ4n) is 4.95. The van der Waals surface area contributed by atoms with E-state index in [0.717, 1.165) is 55.6 Å². The maximum atomic E-state index is 6.35. The largest absolute Gasteiger partial charge is 0.456 e. The third-order valence-corrected chi connectivity index (χ3v) is 6.73. The minimum absolute atomic E-state index is 0.266. The number of nitrogens with zero attached hydrogens (tertiary/aromatic N) is 2. The summed E-state index contributed by atoms with van der Waals surface area (Å²) in [4.78, 5) is 10.2. The molecule has 6 aromatic rings. The average molecular weight is 478 g/mol. The van der Waals surface area contributed by atoms with E-state index in [0.29, 0.717) is 5.84 Å². The van der Waals surface area contributed by atoms with Gasteiger partial charge in [-0.1, -0.05) is 109 Å². The zero-order chi connectivity index (χ0) is 24.6. The van der Waals surface area contributed by atoms with Gasteiger partial charge in [0.25, 0.3) is 0 Å². The molecule has 1 unspecified atom stereocenters. The van der Waals surface area contributed by atoms with E-state index in [1.807, 2.05) is 60.7 Å². The van der Waals surface area contributed by atoms with Gasteiger partial charge in [-0.05, 0) is 34.9 Å². The fourth-order valence-corrected chi connectivity index (χ4v) is 4.95. The Hall–Kier alpha value is -4.96. The summed E-state index contributed by atoms with van der Waals surface area (Å²) < 4.78 is 6.35. The predicted octanol–water partition coefficient (Wildman–Crippen LogP) is 7.75. The lowest BCUT2D eigenvalue weighted by atomic mass is 9.97. The Bertz CT molecular complexity index is 1790. The molecule has 4 nitrogen and oxygen atoms in total. The van der Waals surface area contributed by atoms with Crippen LogP contribution in [0.5, 0.6) is 0 Å². The lowest BCUT2D eigenvalue weighted by molar-refractivity contribution is 0.668. The fraction of sp³-hybridized carbons (Fsp3) is 0.0303. The molecule has 1 aliphatic rings. The summed E-state index contributed by atoms with van der Waals surface area (Å²) in [5.74, 6) is 1.48. The van der Waals surface area contributed by atoms with Crippen molar-refractivity contribution in [2.24, 2.45) is 9.98 Å². The van der Waals surface area contributed by atoms with Gasteiger partial charge in [0.05, 0.1) is 0 Å². The van der Waals surface area contributed by atoms with Crippen LogP contribution in [-0.2, 0) is 0 Å². The highest BCUT2D eigenvalue weighted by molar-refractivity contribution is 6.22. The van der Waals surface area contributed by atoms with Gasteiger partial charge in [-0.25, -0.2) is 9.98 Å². The average Bonchev–Trinajstić information content (AvgIpc) is 3.36. The second kappa shape index (κ2) is 8.92. The molecule has 2 heterocycles. The van der Waals surface area contributed by atoms with Crippen molar-refractivity contribution in [1.29, 1.82) is 0 Å². The summed E-state index contributed by atoms with van der Waals surface area (Å²) in [6, 6.07) is 43.3. The van der Waals surface area contributed by atoms with Crippen molar-refractivity contribution in [2.75, 3.05) is 0 Å². The molecule has 1 aromatic heterocycles. The Morgan fingerprint density at radius 1 is 0.595 bits per heavy atom. The first-order valence-corrected chi connectivity index (χ1v) is 12.4. The van der Waals surface area contributed by atoms with E-state index in [1.54, 1.807) is 0 Å². The minimum Gasteiger partial charge on any atom is -0.456 e. The highest BCUT2D eigenvalue weighted by Crippen LogP contribution is 2.36. The van der Waals surface area contributed by atoms with Crippen LogP contribution < -0.4 is 5.32 Å². The van der Waals surface area contributed by atoms with Crippen molar-refractivity contribution in [3.63, 3.8) is 0 Å². The number of para-hydroxylation sites is 1. The van der Waals surface area contributed by atoms with Crippen molar-refractivity contribution in [3.8, 4) is 11.1 Å². The van der Waals surface area contributed by atoms with Crippen LogP contribution in [0.3, 0.4) is 0 Å². The molecule has 0 bridgehead atoms. The van der Waals surface area contributed by atoms with E-state index in [2.05, 4.69) is 72.0 Å². The molecule has 5 aromatic carbocycles. The number of furan rings is 1. The summed E-state index contributed by atoms with van der Waals surface area (Å²) in [7, 11) is 0. The molecular weight excluding hydrogens is 454 g/mol. The Balaban J connectivity index is 1.51. The second-order valence-electron chi connectivity index (χ2n) is 9.10. The zero-order valence-corrected chi connectivity index (χ0v) is 20.0. The first-order valence-electron chi connectivity index (χ1n) is 12.4. The lowest BCUT2D eigenvalue weighted by Crippen LogP contribution is -2.33. The van der Waals surface area contributed by atoms with E-state index in [-0.39, 0.29) is 6.17 Å². The standard InChI is InChI=1S/C33H23N3O/c1-4-12-22(13-5-1)25-20-27(30-26-18-10-11-19-28(26)37-29(30)21-25)33-35-31(23-14-6-2-7-15-23)34-32(36-33)24-16-8-3-9-17-24/h1-21,31H,(H,34,35,36). The monoisotopic (exact) mass is 477 g/mol. The summed E-state index contributed by atoms with van der Waals surface area (Å²) >= 11 is 0. The molecule has 7 rings (SSSR count). The molecule has 1 aliphatic heterocycles. The van der Waals surface area contributed by atoms with Crippen molar-refractivity contribution in [3.05, 3.63) is 144 Å². The third-order valence-electron chi connectivity index (χ3n) is 6.73. The summed E-state index contributed by atoms with van der Waals surface area (Å²) in [5, 5.41) is 5.63. The van der Waals surface area contributed by atoms with Gasteiger partial charge in [0.1, 0.15) is 23.2 Å². The molecule has 4 heteroatoms. The maximum Gasteiger partial charge on any atom is 0.160 e. The number of aliphatic imine (C=N–C) groups is 2. The van der Waals surface area contributed by atoms with Gasteiger partial charge in [-0.3, -0.25) is 0 Å². The smallest absolute Gasteiger partial charge is 0.160 e. The van der Waals surface area contributed by atoms with Crippen LogP contribution in [-0.4, -0.2) is 11.7 Å². The van der Waals surface area contributed by atoms with Crippen molar-refractivity contribution < 1.29 is 4.42 Å². The molecule has 1 atom stereocenters. The highest BCUT2D eigenvalue weighted by Gasteiger charge is 2.24. The van der Waals surface area contributed by atoms with Crippen LogP contribution in [0.2, 0.25) is 0 Å². The van der Waals surface area contributed by atoms with Gasteiger partial charge in [-0.2, -0.15) is 0 Å². The molecule has 176 valence electrons. The Morgan fingerprint density at radius 2 is 1.24 bits per heavy atom. The predicted molar refractivity (Wildman–Crippen MR) is 151 cm³/mol. The Kier molecular flexibility index (Phi) is 5.14. The minimum atomic E-state index is -0.266. The van der Waals surface area contributed by atoms with Crippen LogP contribution in [0.1, 0.15) is 22.9 Å². The maximum absolute atomic E-state index is 6.35. The first kappa shape index (κ1) is 21.3. The molecule has 0 aliphatic carbocycles. The van der Waals surface area contributed by atoms with Crippen molar-refractivity contribution in [1.82, 2.24) is 5.32 Å². The second-order valence-corrected chi connectivity index (χ2v) is 9.10. The number of nitrogens with one attached hydrogen (secondary N) is 1. The SMILES string of the molecule is c1ccc(C2=NC(c3cc(-c4ccccc4)cc4oc5ccccc5c34)=NC(c3ccccc3)N2)cc1. The van der Waals surface area contributed by atoms with Gasteiger partial charge >= 0.3 is 0 Å². The summed E-state index contributed by atoms with van der Waals surface area (Å²) in [6.07, 6.45) is -0.266. The van der Waals surface area contributed by atoms with Gasteiger partial charge < -0.3 is 9.73 Å². The molecule has 0 radical (unpaired) electrons. The Morgan fingerprint density at radius 3 is 2.00 bits per heavy atom. The van der Waals surface area contributed by atoms with Crippen LogP contribution in [0.25, 0.3) is 33.1 Å². The number of amidine groups is 2. The van der Waals surface area contributed by atoms with Crippen LogP contribution >= 0.6 is 0 Å². The number of fused-ring (bicyclic) bond motifs is 3. The molecule has 0 spiro atoms. The number of hydrogen-bond donors (Lipinski definition) is 1. The van der Waals surface area contributed by atoms with Crippen LogP contribution in [0.4, 0.5) is 0 Å². The van der Waals surface area contributed by atoms with Crippen LogP contribution in [0.15, 0.2) is 142 Å². The van der Waals surface area contributed by atoms with Gasteiger partial charge in [0.15, 0.2) is 5.84 Å². The number of benzene rings is 5. The number of hydrogen-bond acceptors (Lipinski definition) is 4. The lowest BCUT2D eigenvalue weighted by Gasteiger charge is -2.24. The quantitative estimate of drug-likeness (QED) is 0.282. The third kappa shape index (κ3) is 3.89. The van der Waals surface area contributed by atoms with E-state index in [1.165, 1.54) is 0 Å². The normalized spacial score (nSPS) is 15.3. The number of rotatable bonds is 4. The molecule has 1 N–H and O–H groups in total. The van der Waals surface area contributed by atoms with E-state index >= 15 is 0 Å². The van der Waals surface area contributed by atoms with Gasteiger partial charge in [0.2, 0.25) is 0 Å². The first-order chi connectivity index (χ1) is 18.3. The Labute approximate surface area is 214 Å². The van der Waals surface area contributed by atoms with Crippen molar-refractivity contribution >= 4 is 33.6 Å². The molecule has 0 fully saturated rings. The molecule has 0 amide bonds. The highest BCUT2D eigenvalue weighted by atomic mass is 16.3. The van der Waals surface area contributed by atoms with E-state index in [9.17, 15) is 0 Å². The van der Waals surface area contributed by atoms with Crippen molar-refractivity contribution in [2.45, 2.75) is 6.17 Å². The molecule has 37 heavy (non-hydrogen) atoms. The van der Waals surface area contributed by atoms with Gasteiger partial charge in [0, 0.05) is 21.9 Å². The topological polar surface area (TPSA) is 49.9 Å². The molecule has 0 saturated carbocycles. The van der Waals surface area contributed by atoms with E-state index in [4.69, 9.17) is 14.4 Å².